The van der Waals surface area contributed by atoms with Crippen LogP contribution >= 0.6 is 11.6 Å². The Hall–Kier alpha value is -3.32. The summed E-state index contributed by atoms with van der Waals surface area (Å²) in [6.45, 7) is 2.04. The lowest BCUT2D eigenvalue weighted by molar-refractivity contribution is 0.0942. The quantitative estimate of drug-likeness (QED) is 0.564. The molecular weight excluding hydrogens is 368 g/mol. The molecule has 8 heteroatoms. The largest absolute Gasteiger partial charge is 0.426 e. The van der Waals surface area contributed by atoms with Crippen molar-refractivity contribution < 1.29 is 13.9 Å². The summed E-state index contributed by atoms with van der Waals surface area (Å²) in [6.07, 6.45) is 0. The average molecular weight is 383 g/mol. The number of aryl methyl sites for hydroxylation is 1. The van der Waals surface area contributed by atoms with Crippen molar-refractivity contribution in [3.63, 3.8) is 0 Å². The van der Waals surface area contributed by atoms with E-state index >= 15 is 0 Å². The van der Waals surface area contributed by atoms with E-state index in [-0.39, 0.29) is 23.5 Å². The molecule has 0 radical (unpaired) electrons. The molecule has 2 heterocycles. The molecule has 0 atom stereocenters. The van der Waals surface area contributed by atoms with Gasteiger partial charge in [0.2, 0.25) is 0 Å². The van der Waals surface area contributed by atoms with E-state index in [0.29, 0.717) is 23.1 Å². The molecule has 4 aromatic rings. The summed E-state index contributed by atoms with van der Waals surface area (Å²) in [6, 6.07) is 16.5. The number of oxazole rings is 1. The molecule has 0 saturated carbocycles. The first-order valence-corrected chi connectivity index (χ1v) is 8.59. The van der Waals surface area contributed by atoms with Crippen LogP contribution in [-0.2, 0) is 6.54 Å². The number of hydrogen-bond donors (Lipinski definition) is 1. The number of halogens is 1. The fourth-order valence-corrected chi connectivity index (χ4v) is 2.71. The maximum Gasteiger partial charge on any atom is 0.344 e. The molecule has 0 aliphatic heterocycles. The summed E-state index contributed by atoms with van der Waals surface area (Å²) >= 11 is 5.87. The zero-order valence-corrected chi connectivity index (χ0v) is 15.1. The third kappa shape index (κ3) is 3.63. The number of nitrogens with one attached hydrogen (secondary N) is 1. The minimum Gasteiger partial charge on any atom is -0.426 e. The van der Waals surface area contributed by atoms with Gasteiger partial charge < -0.3 is 14.5 Å². The third-order valence-electron chi connectivity index (χ3n) is 3.88. The average Bonchev–Trinajstić information content (AvgIpc) is 3.17. The predicted molar refractivity (Wildman–Crippen MR) is 99.1 cm³/mol. The highest BCUT2D eigenvalue weighted by Crippen LogP contribution is 2.21. The van der Waals surface area contributed by atoms with Gasteiger partial charge in [-0.15, -0.1) is 10.1 Å². The van der Waals surface area contributed by atoms with E-state index in [9.17, 15) is 4.79 Å². The molecular formula is C19H15ClN4O3. The topological polar surface area (TPSA) is 81.7 Å². The number of fused-ring (bicyclic) bond motifs is 1. The Kier molecular flexibility index (Phi) is 4.52. The molecule has 0 aliphatic carbocycles. The van der Waals surface area contributed by atoms with Gasteiger partial charge in [-0.3, -0.25) is 4.79 Å². The van der Waals surface area contributed by atoms with Crippen molar-refractivity contribution in [2.75, 3.05) is 0 Å². The number of amides is 1. The van der Waals surface area contributed by atoms with Gasteiger partial charge in [0.1, 0.15) is 11.5 Å². The van der Waals surface area contributed by atoms with Crippen LogP contribution in [0.5, 0.6) is 11.8 Å². The lowest BCUT2D eigenvalue weighted by atomic mass is 10.2. The van der Waals surface area contributed by atoms with Crippen molar-refractivity contribution in [3.8, 4) is 11.8 Å². The molecule has 0 saturated heterocycles. The number of carbonyl (C=O) groups excluding carboxylic acids is 1. The Morgan fingerprint density at radius 1 is 1.19 bits per heavy atom. The number of rotatable bonds is 5. The summed E-state index contributed by atoms with van der Waals surface area (Å²) in [4.78, 5) is 16.8. The van der Waals surface area contributed by atoms with E-state index in [0.717, 1.165) is 5.56 Å². The number of para-hydroxylation sites is 1. The van der Waals surface area contributed by atoms with Gasteiger partial charge in [-0.1, -0.05) is 41.9 Å². The Morgan fingerprint density at radius 2 is 1.93 bits per heavy atom. The molecule has 2 aromatic carbocycles. The van der Waals surface area contributed by atoms with Crippen molar-refractivity contribution in [2.45, 2.75) is 13.5 Å². The molecule has 0 unspecified atom stereocenters. The fraction of sp³-hybridized carbons (Fsp3) is 0.105. The molecule has 2 aromatic heterocycles. The molecule has 0 spiro atoms. The Morgan fingerprint density at radius 3 is 2.67 bits per heavy atom. The SMILES string of the molecule is Cc1oc2nc(Oc3ccccc3)nn2c1C(=O)NCc1ccc(Cl)cc1. The second kappa shape index (κ2) is 7.13. The van der Waals surface area contributed by atoms with Crippen molar-refractivity contribution in [1.82, 2.24) is 19.9 Å². The Bertz CT molecular complexity index is 1090. The van der Waals surface area contributed by atoms with Crippen molar-refractivity contribution >= 4 is 23.4 Å². The van der Waals surface area contributed by atoms with Gasteiger partial charge in [0.15, 0.2) is 5.69 Å². The van der Waals surface area contributed by atoms with Gasteiger partial charge in [-0.2, -0.15) is 4.52 Å². The molecule has 0 fully saturated rings. The van der Waals surface area contributed by atoms with Crippen molar-refractivity contribution in [1.29, 1.82) is 0 Å². The van der Waals surface area contributed by atoms with Gasteiger partial charge in [0.05, 0.1) is 0 Å². The molecule has 0 aliphatic rings. The van der Waals surface area contributed by atoms with Crippen LogP contribution in [0.4, 0.5) is 0 Å². The van der Waals surface area contributed by atoms with Crippen LogP contribution in [0.15, 0.2) is 59.0 Å². The van der Waals surface area contributed by atoms with E-state index < -0.39 is 0 Å². The first kappa shape index (κ1) is 17.1. The fourth-order valence-electron chi connectivity index (χ4n) is 2.59. The standard InChI is InChI=1S/C19H15ClN4O3/c1-12-16(17(25)21-11-13-7-9-14(20)10-8-13)24-19(26-12)22-18(23-24)27-15-5-3-2-4-6-15/h2-10H,11H2,1H3,(H,21,25). The van der Waals surface area contributed by atoms with Gasteiger partial charge in [0.25, 0.3) is 5.91 Å². The third-order valence-corrected chi connectivity index (χ3v) is 4.13. The van der Waals surface area contributed by atoms with E-state index in [4.69, 9.17) is 20.8 Å². The van der Waals surface area contributed by atoms with Crippen LogP contribution in [0, 0.1) is 6.92 Å². The molecule has 1 N–H and O–H groups in total. The van der Waals surface area contributed by atoms with Crippen LogP contribution in [0.1, 0.15) is 21.8 Å². The number of carbonyl (C=O) groups is 1. The normalized spacial score (nSPS) is 10.9. The van der Waals surface area contributed by atoms with Gasteiger partial charge in [-0.25, -0.2) is 0 Å². The summed E-state index contributed by atoms with van der Waals surface area (Å²) in [7, 11) is 0. The van der Waals surface area contributed by atoms with Gasteiger partial charge in [-0.05, 0) is 36.8 Å². The first-order chi connectivity index (χ1) is 13.1. The monoisotopic (exact) mass is 382 g/mol. The van der Waals surface area contributed by atoms with E-state index in [1.165, 1.54) is 4.52 Å². The zero-order valence-electron chi connectivity index (χ0n) is 14.3. The highest BCUT2D eigenvalue weighted by molar-refractivity contribution is 6.30. The highest BCUT2D eigenvalue weighted by atomic mass is 35.5. The van der Waals surface area contributed by atoms with Crippen molar-refractivity contribution in [2.24, 2.45) is 0 Å². The van der Waals surface area contributed by atoms with Gasteiger partial charge in [0, 0.05) is 11.6 Å². The minimum atomic E-state index is -0.322. The second-order valence-electron chi connectivity index (χ2n) is 5.82. The number of aromatic nitrogens is 3. The molecule has 136 valence electrons. The van der Waals surface area contributed by atoms with E-state index in [1.807, 2.05) is 30.3 Å². The van der Waals surface area contributed by atoms with Crippen LogP contribution in [0.3, 0.4) is 0 Å². The lowest BCUT2D eigenvalue weighted by Crippen LogP contribution is -2.25. The minimum absolute atomic E-state index is 0.103. The Labute approximate surface area is 159 Å². The first-order valence-electron chi connectivity index (χ1n) is 8.22. The maximum absolute atomic E-state index is 12.6. The predicted octanol–water partition coefficient (Wildman–Crippen LogP) is 4.01. The van der Waals surface area contributed by atoms with Gasteiger partial charge >= 0.3 is 11.9 Å². The number of hydrogen-bond acceptors (Lipinski definition) is 5. The molecule has 4 rings (SSSR count). The van der Waals surface area contributed by atoms with Crippen LogP contribution < -0.4 is 10.1 Å². The van der Waals surface area contributed by atoms with Crippen LogP contribution in [-0.4, -0.2) is 20.5 Å². The maximum atomic E-state index is 12.6. The van der Waals surface area contributed by atoms with Crippen molar-refractivity contribution in [3.05, 3.63) is 76.6 Å². The molecule has 1 amide bonds. The molecule has 0 bridgehead atoms. The lowest BCUT2D eigenvalue weighted by Gasteiger charge is -2.05. The summed E-state index contributed by atoms with van der Waals surface area (Å²) in [5.41, 5.74) is 1.20. The summed E-state index contributed by atoms with van der Waals surface area (Å²) in [5, 5.41) is 7.71. The smallest absolute Gasteiger partial charge is 0.344 e. The molecule has 7 nitrogen and oxygen atoms in total. The molecule has 27 heavy (non-hydrogen) atoms. The Balaban J connectivity index is 1.54. The number of ether oxygens (including phenoxy) is 1. The summed E-state index contributed by atoms with van der Waals surface area (Å²) in [5.74, 6) is 0.883. The van der Waals surface area contributed by atoms with E-state index in [1.54, 1.807) is 31.2 Å². The van der Waals surface area contributed by atoms with Crippen LogP contribution in [0.25, 0.3) is 5.84 Å². The highest BCUT2D eigenvalue weighted by Gasteiger charge is 2.22. The van der Waals surface area contributed by atoms with Crippen LogP contribution in [0.2, 0.25) is 5.02 Å². The zero-order chi connectivity index (χ0) is 18.8. The van der Waals surface area contributed by atoms with E-state index in [2.05, 4.69) is 15.4 Å². The number of nitrogens with zero attached hydrogens (tertiary/aromatic N) is 3. The number of benzene rings is 2. The summed E-state index contributed by atoms with van der Waals surface area (Å²) < 4.78 is 12.5. The second-order valence-corrected chi connectivity index (χ2v) is 6.26.